The van der Waals surface area contributed by atoms with E-state index < -0.39 is 54.5 Å². The van der Waals surface area contributed by atoms with E-state index in [-0.39, 0.29) is 6.61 Å². The zero-order valence-electron chi connectivity index (χ0n) is 20.5. The van der Waals surface area contributed by atoms with Crippen molar-refractivity contribution in [2.24, 2.45) is 0 Å². The number of carbonyl (C=O) groups excluding carboxylic acids is 4. The largest absolute Gasteiger partial charge is 0.463 e. The molecule has 1 aliphatic rings. The number of esters is 4. The monoisotopic (exact) mass is 484 g/mol. The molecule has 0 spiro atoms. The molecule has 0 amide bonds. The predicted octanol–water partition coefficient (Wildman–Crippen LogP) is 0.688. The summed E-state index contributed by atoms with van der Waals surface area (Å²) < 4.78 is 29.1. The molecule has 190 valence electrons. The topological polar surface area (TPSA) is 148 Å². The van der Waals surface area contributed by atoms with Crippen molar-refractivity contribution in [3.63, 3.8) is 0 Å². The van der Waals surface area contributed by atoms with Gasteiger partial charge >= 0.3 is 23.9 Å². The van der Waals surface area contributed by atoms with Crippen LogP contribution in [0.1, 0.15) is 53.5 Å². The van der Waals surface area contributed by atoms with Crippen LogP contribution in [0.4, 0.5) is 5.82 Å². The van der Waals surface area contributed by atoms with Crippen LogP contribution in [-0.2, 0) is 42.9 Å². The molecule has 2 rings (SSSR count). The number of ether oxygens (including phenoxy) is 5. The van der Waals surface area contributed by atoms with Crippen molar-refractivity contribution in [2.45, 2.75) is 79.1 Å². The lowest BCUT2D eigenvalue weighted by molar-refractivity contribution is -0.270. The minimum Gasteiger partial charge on any atom is -0.463 e. The minimum atomic E-state index is -1.28. The molecule has 13 heteroatoms. The number of hydrogen-bond acceptors (Lipinski definition) is 12. The summed E-state index contributed by atoms with van der Waals surface area (Å²) in [7, 11) is 0. The van der Waals surface area contributed by atoms with Crippen molar-refractivity contribution in [3.8, 4) is 0 Å². The molecule has 1 fully saturated rings. The van der Waals surface area contributed by atoms with Gasteiger partial charge in [0.15, 0.2) is 30.4 Å². The van der Waals surface area contributed by atoms with E-state index in [4.69, 9.17) is 23.7 Å². The number of carbonyl (C=O) groups is 4. The van der Waals surface area contributed by atoms with Gasteiger partial charge in [0.25, 0.3) is 0 Å². The number of aromatic nitrogens is 3. The molecule has 1 aliphatic heterocycles. The fourth-order valence-corrected chi connectivity index (χ4v) is 3.84. The van der Waals surface area contributed by atoms with Gasteiger partial charge in [-0.2, -0.15) is 4.68 Å². The molecule has 5 atom stereocenters. The van der Waals surface area contributed by atoms with Crippen molar-refractivity contribution in [3.05, 3.63) is 5.69 Å². The molecule has 0 unspecified atom stereocenters. The molecule has 1 aromatic rings. The second-order valence-corrected chi connectivity index (χ2v) is 7.71. The van der Waals surface area contributed by atoms with Crippen LogP contribution in [0.2, 0.25) is 0 Å². The van der Waals surface area contributed by atoms with Gasteiger partial charge in [0, 0.05) is 40.8 Å². The van der Waals surface area contributed by atoms with Crippen molar-refractivity contribution in [2.75, 3.05) is 24.6 Å². The van der Waals surface area contributed by atoms with Crippen molar-refractivity contribution >= 4 is 29.7 Å². The summed E-state index contributed by atoms with van der Waals surface area (Å²) >= 11 is 0. The van der Waals surface area contributed by atoms with Gasteiger partial charge in [-0.05, 0) is 20.8 Å². The second kappa shape index (κ2) is 11.8. The van der Waals surface area contributed by atoms with E-state index in [1.807, 2.05) is 18.7 Å². The summed E-state index contributed by atoms with van der Waals surface area (Å²) in [5.74, 6) is -2.07. The Hall–Kier alpha value is -3.22. The van der Waals surface area contributed by atoms with Crippen LogP contribution in [0.25, 0.3) is 0 Å². The molecular formula is C21H32N4O9. The molecule has 0 N–H and O–H groups in total. The van der Waals surface area contributed by atoms with Crippen molar-refractivity contribution in [1.82, 2.24) is 15.0 Å². The Labute approximate surface area is 197 Å². The van der Waals surface area contributed by atoms with E-state index in [0.29, 0.717) is 24.6 Å². The van der Waals surface area contributed by atoms with E-state index in [9.17, 15) is 19.2 Å². The smallest absolute Gasteiger partial charge is 0.303 e. The molecule has 0 aliphatic carbocycles. The van der Waals surface area contributed by atoms with Crippen LogP contribution in [0.5, 0.6) is 0 Å². The summed E-state index contributed by atoms with van der Waals surface area (Å²) in [6.45, 7) is 11.3. The zero-order valence-corrected chi connectivity index (χ0v) is 20.5. The van der Waals surface area contributed by atoms with Crippen LogP contribution in [0.15, 0.2) is 0 Å². The normalized spacial score (nSPS) is 24.1. The maximum atomic E-state index is 12.0. The van der Waals surface area contributed by atoms with Crippen molar-refractivity contribution < 1.29 is 42.9 Å². The first-order chi connectivity index (χ1) is 16.0. The van der Waals surface area contributed by atoms with Crippen molar-refractivity contribution in [1.29, 1.82) is 0 Å². The molecule has 0 bridgehead atoms. The summed E-state index contributed by atoms with van der Waals surface area (Å²) in [6.07, 6.45) is -5.98. The maximum Gasteiger partial charge on any atom is 0.303 e. The molecule has 0 saturated carbocycles. The van der Waals surface area contributed by atoms with Gasteiger partial charge in [0.05, 0.1) is 0 Å². The first kappa shape index (κ1) is 27.0. The summed E-state index contributed by atoms with van der Waals surface area (Å²) in [5, 5.41) is 8.34. The molecule has 2 heterocycles. The Morgan fingerprint density at radius 1 is 0.882 bits per heavy atom. The molecular weight excluding hydrogens is 452 g/mol. The van der Waals surface area contributed by atoms with Gasteiger partial charge in [-0.3, -0.25) is 19.2 Å². The molecule has 1 aromatic heterocycles. The van der Waals surface area contributed by atoms with Crippen LogP contribution in [0.3, 0.4) is 0 Å². The first-order valence-corrected chi connectivity index (χ1v) is 11.0. The predicted molar refractivity (Wildman–Crippen MR) is 116 cm³/mol. The molecule has 0 aromatic carbocycles. The van der Waals surface area contributed by atoms with E-state index in [1.54, 1.807) is 6.92 Å². The fraction of sp³-hybridized carbons (Fsp3) is 0.714. The molecule has 1 saturated heterocycles. The Morgan fingerprint density at radius 3 is 1.91 bits per heavy atom. The lowest BCUT2D eigenvalue weighted by Crippen LogP contribution is -2.60. The third kappa shape index (κ3) is 6.43. The summed E-state index contributed by atoms with van der Waals surface area (Å²) in [4.78, 5) is 49.3. The highest BCUT2D eigenvalue weighted by Crippen LogP contribution is 2.37. The zero-order chi connectivity index (χ0) is 25.6. The molecule has 0 radical (unpaired) electrons. The average Bonchev–Trinajstić information content (AvgIpc) is 3.11. The maximum absolute atomic E-state index is 12.0. The Bertz CT molecular complexity index is 899. The first-order valence-electron chi connectivity index (χ1n) is 11.0. The lowest BCUT2D eigenvalue weighted by Gasteiger charge is -2.44. The van der Waals surface area contributed by atoms with Gasteiger partial charge in [-0.1, -0.05) is 5.21 Å². The SMILES string of the molecule is CCN(CC)c1c(C)nnn1[C@@H]1O[C@@H](COC(C)=O)[C@@H](OC(C)=O)[C@@H](OC(C)=O)[C@H]1OC(C)=O. The van der Waals surface area contributed by atoms with Gasteiger partial charge in [-0.15, -0.1) is 5.10 Å². The Morgan fingerprint density at radius 2 is 1.41 bits per heavy atom. The quantitative estimate of drug-likeness (QED) is 0.358. The number of anilines is 1. The highest BCUT2D eigenvalue weighted by Gasteiger charge is 2.53. The van der Waals surface area contributed by atoms with E-state index >= 15 is 0 Å². The number of rotatable bonds is 9. The van der Waals surface area contributed by atoms with E-state index in [0.717, 1.165) is 0 Å². The van der Waals surface area contributed by atoms with Crippen LogP contribution >= 0.6 is 0 Å². The van der Waals surface area contributed by atoms with Crippen LogP contribution in [-0.4, -0.2) is 83.0 Å². The molecule has 34 heavy (non-hydrogen) atoms. The Kier molecular flexibility index (Phi) is 9.36. The van der Waals surface area contributed by atoms with Gasteiger partial charge < -0.3 is 28.6 Å². The summed E-state index contributed by atoms with van der Waals surface area (Å²) in [6, 6.07) is 0. The van der Waals surface area contributed by atoms with Crippen LogP contribution in [0, 0.1) is 6.92 Å². The highest BCUT2D eigenvalue weighted by atomic mass is 16.7. The number of hydrogen-bond donors (Lipinski definition) is 0. The van der Waals surface area contributed by atoms with Crippen LogP contribution < -0.4 is 4.90 Å². The number of nitrogens with zero attached hydrogens (tertiary/aromatic N) is 4. The lowest BCUT2D eigenvalue weighted by atomic mass is 9.97. The highest BCUT2D eigenvalue weighted by molar-refractivity contribution is 5.68. The van der Waals surface area contributed by atoms with Gasteiger partial charge in [0.1, 0.15) is 18.4 Å². The third-order valence-electron chi connectivity index (χ3n) is 5.10. The van der Waals surface area contributed by atoms with E-state index in [1.165, 1.54) is 32.4 Å². The Balaban J connectivity index is 2.65. The van der Waals surface area contributed by atoms with Gasteiger partial charge in [-0.25, -0.2) is 0 Å². The van der Waals surface area contributed by atoms with Gasteiger partial charge in [0.2, 0.25) is 0 Å². The standard InChI is InChI=1S/C21H32N4O9/c1-8-24(9-2)20-11(3)22-23-25(20)21-19(33-15(7)29)18(32-14(6)28)17(31-13(5)27)16(34-21)10-30-12(4)26/h16-19,21H,8-10H2,1-7H3/t16-,17+,18+,19+,21+/m0/s1. The summed E-state index contributed by atoms with van der Waals surface area (Å²) in [5.41, 5.74) is 0.594. The molecule has 13 nitrogen and oxygen atoms in total. The average molecular weight is 485 g/mol. The number of aryl methyl sites for hydroxylation is 1. The van der Waals surface area contributed by atoms with E-state index in [2.05, 4.69) is 10.3 Å². The fourth-order valence-electron chi connectivity index (χ4n) is 3.84. The minimum absolute atomic E-state index is 0.317. The second-order valence-electron chi connectivity index (χ2n) is 7.71. The third-order valence-corrected chi connectivity index (χ3v) is 5.10.